The smallest absolute Gasteiger partial charge is 0.191 e. The number of morpholine rings is 1. The molecular formula is C19H32N4O. The zero-order chi connectivity index (χ0) is 17.3. The highest BCUT2D eigenvalue weighted by Crippen LogP contribution is 2.14. The third kappa shape index (κ3) is 6.13. The number of rotatable bonds is 7. The predicted molar refractivity (Wildman–Crippen MR) is 101 cm³/mol. The van der Waals surface area contributed by atoms with E-state index in [-0.39, 0.29) is 5.54 Å². The minimum Gasteiger partial charge on any atom is -0.379 e. The van der Waals surface area contributed by atoms with E-state index in [0.29, 0.717) is 0 Å². The molecule has 0 radical (unpaired) electrons. The summed E-state index contributed by atoms with van der Waals surface area (Å²) in [5.74, 6) is 0.879. The standard InChI is InChI=1S/C19H32N4O/c1-19(2,23-12-14-24-15-13-23)16-22-18(20-3)21-11-7-10-17-8-5-4-6-9-17/h4-6,8-9H,7,10-16H2,1-3H3,(H2,20,21,22). The molecule has 1 aliphatic heterocycles. The van der Waals surface area contributed by atoms with E-state index in [1.807, 2.05) is 7.05 Å². The number of guanidine groups is 1. The lowest BCUT2D eigenvalue weighted by Gasteiger charge is -2.41. The van der Waals surface area contributed by atoms with Gasteiger partial charge in [0.25, 0.3) is 0 Å². The molecule has 1 aliphatic rings. The fourth-order valence-electron chi connectivity index (χ4n) is 2.95. The van der Waals surface area contributed by atoms with Gasteiger partial charge in [-0.15, -0.1) is 0 Å². The van der Waals surface area contributed by atoms with Crippen LogP contribution in [-0.2, 0) is 11.2 Å². The zero-order valence-electron chi connectivity index (χ0n) is 15.3. The topological polar surface area (TPSA) is 48.9 Å². The van der Waals surface area contributed by atoms with E-state index in [4.69, 9.17) is 4.74 Å². The molecule has 0 amide bonds. The molecule has 134 valence electrons. The number of nitrogens with zero attached hydrogens (tertiary/aromatic N) is 2. The van der Waals surface area contributed by atoms with Crippen LogP contribution in [0.25, 0.3) is 0 Å². The third-order valence-electron chi connectivity index (χ3n) is 4.56. The first-order valence-electron chi connectivity index (χ1n) is 8.93. The molecule has 0 aliphatic carbocycles. The van der Waals surface area contributed by atoms with E-state index in [1.165, 1.54) is 5.56 Å². The molecule has 0 atom stereocenters. The zero-order valence-corrected chi connectivity index (χ0v) is 15.3. The fraction of sp³-hybridized carbons (Fsp3) is 0.632. The van der Waals surface area contributed by atoms with E-state index in [2.05, 4.69) is 64.7 Å². The van der Waals surface area contributed by atoms with Gasteiger partial charge < -0.3 is 15.4 Å². The second-order valence-electron chi connectivity index (χ2n) is 6.85. The Morgan fingerprint density at radius 3 is 2.54 bits per heavy atom. The summed E-state index contributed by atoms with van der Waals surface area (Å²) >= 11 is 0. The maximum Gasteiger partial charge on any atom is 0.191 e. The minimum absolute atomic E-state index is 0.0887. The van der Waals surface area contributed by atoms with Gasteiger partial charge in [-0.3, -0.25) is 9.89 Å². The summed E-state index contributed by atoms with van der Waals surface area (Å²) in [5.41, 5.74) is 1.47. The Kier molecular flexibility index (Phi) is 7.53. The predicted octanol–water partition coefficient (Wildman–Crippen LogP) is 1.89. The fourth-order valence-corrected chi connectivity index (χ4v) is 2.95. The molecule has 0 bridgehead atoms. The van der Waals surface area contributed by atoms with Crippen molar-refractivity contribution in [2.24, 2.45) is 4.99 Å². The number of benzene rings is 1. The van der Waals surface area contributed by atoms with Crippen LogP contribution in [-0.4, -0.2) is 62.8 Å². The summed E-state index contributed by atoms with van der Waals surface area (Å²) in [5, 5.41) is 6.87. The largest absolute Gasteiger partial charge is 0.379 e. The SMILES string of the molecule is CN=C(NCCCc1ccccc1)NCC(C)(C)N1CCOCC1. The Morgan fingerprint density at radius 2 is 1.88 bits per heavy atom. The van der Waals surface area contributed by atoms with Gasteiger partial charge in [0.05, 0.1) is 13.2 Å². The van der Waals surface area contributed by atoms with Crippen LogP contribution in [0, 0.1) is 0 Å². The first-order chi connectivity index (χ1) is 11.6. The molecule has 0 unspecified atom stereocenters. The molecule has 5 nitrogen and oxygen atoms in total. The summed E-state index contributed by atoms with van der Waals surface area (Å²) in [6.07, 6.45) is 2.18. The Balaban J connectivity index is 1.68. The average Bonchev–Trinajstić information content (AvgIpc) is 2.63. The molecule has 0 spiro atoms. The lowest BCUT2D eigenvalue weighted by Crippen LogP contribution is -2.56. The van der Waals surface area contributed by atoms with Crippen LogP contribution < -0.4 is 10.6 Å². The van der Waals surface area contributed by atoms with Gasteiger partial charge in [-0.2, -0.15) is 0 Å². The van der Waals surface area contributed by atoms with Crippen LogP contribution in [0.4, 0.5) is 0 Å². The first kappa shape index (κ1) is 18.7. The van der Waals surface area contributed by atoms with Crippen LogP contribution in [0.1, 0.15) is 25.8 Å². The summed E-state index contributed by atoms with van der Waals surface area (Å²) < 4.78 is 5.45. The van der Waals surface area contributed by atoms with Crippen molar-refractivity contribution in [2.45, 2.75) is 32.2 Å². The molecule has 2 rings (SSSR count). The number of hydrogen-bond donors (Lipinski definition) is 2. The quantitative estimate of drug-likeness (QED) is 0.455. The molecule has 0 aromatic heterocycles. The van der Waals surface area contributed by atoms with E-state index in [0.717, 1.165) is 58.2 Å². The van der Waals surface area contributed by atoms with Crippen molar-refractivity contribution in [3.8, 4) is 0 Å². The van der Waals surface area contributed by atoms with Crippen LogP contribution in [0.15, 0.2) is 35.3 Å². The van der Waals surface area contributed by atoms with Gasteiger partial charge in [-0.05, 0) is 32.3 Å². The van der Waals surface area contributed by atoms with Gasteiger partial charge >= 0.3 is 0 Å². The van der Waals surface area contributed by atoms with Crippen molar-refractivity contribution in [1.29, 1.82) is 0 Å². The lowest BCUT2D eigenvalue weighted by atomic mass is 10.0. The Bertz CT molecular complexity index is 495. The van der Waals surface area contributed by atoms with Crippen molar-refractivity contribution in [1.82, 2.24) is 15.5 Å². The van der Waals surface area contributed by atoms with Crippen LogP contribution >= 0.6 is 0 Å². The average molecular weight is 332 g/mol. The van der Waals surface area contributed by atoms with Crippen molar-refractivity contribution in [2.75, 3.05) is 46.4 Å². The highest BCUT2D eigenvalue weighted by molar-refractivity contribution is 5.79. The molecule has 0 saturated carbocycles. The van der Waals surface area contributed by atoms with Gasteiger partial charge in [0.1, 0.15) is 0 Å². The molecule has 1 aromatic rings. The van der Waals surface area contributed by atoms with E-state index in [1.54, 1.807) is 0 Å². The van der Waals surface area contributed by atoms with Gasteiger partial charge in [0.2, 0.25) is 0 Å². The van der Waals surface area contributed by atoms with Gasteiger partial charge in [0.15, 0.2) is 5.96 Å². The second kappa shape index (κ2) is 9.64. The summed E-state index contributed by atoms with van der Waals surface area (Å²) in [7, 11) is 1.83. The number of nitrogens with one attached hydrogen (secondary N) is 2. The van der Waals surface area contributed by atoms with Crippen LogP contribution in [0.3, 0.4) is 0 Å². The van der Waals surface area contributed by atoms with Gasteiger partial charge in [-0.1, -0.05) is 30.3 Å². The van der Waals surface area contributed by atoms with E-state index in [9.17, 15) is 0 Å². The lowest BCUT2D eigenvalue weighted by molar-refractivity contribution is -0.00833. The molecule has 1 saturated heterocycles. The van der Waals surface area contributed by atoms with Crippen LogP contribution in [0.2, 0.25) is 0 Å². The second-order valence-corrected chi connectivity index (χ2v) is 6.85. The molecule has 1 aromatic carbocycles. The van der Waals surface area contributed by atoms with E-state index < -0.39 is 0 Å². The maximum atomic E-state index is 5.45. The number of aryl methyl sites for hydroxylation is 1. The maximum absolute atomic E-state index is 5.45. The molecule has 1 fully saturated rings. The third-order valence-corrected chi connectivity index (χ3v) is 4.56. The highest BCUT2D eigenvalue weighted by atomic mass is 16.5. The minimum atomic E-state index is 0.0887. The van der Waals surface area contributed by atoms with E-state index >= 15 is 0 Å². The van der Waals surface area contributed by atoms with Crippen molar-refractivity contribution in [3.63, 3.8) is 0 Å². The number of hydrogen-bond acceptors (Lipinski definition) is 3. The number of aliphatic imine (C=N–C) groups is 1. The van der Waals surface area contributed by atoms with Crippen LogP contribution in [0.5, 0.6) is 0 Å². The summed E-state index contributed by atoms with van der Waals surface area (Å²) in [4.78, 5) is 6.81. The first-order valence-corrected chi connectivity index (χ1v) is 8.93. The van der Waals surface area contributed by atoms with Gasteiger partial charge in [0, 0.05) is 38.8 Å². The van der Waals surface area contributed by atoms with Crippen molar-refractivity contribution < 1.29 is 4.74 Å². The Hall–Kier alpha value is -1.59. The summed E-state index contributed by atoms with van der Waals surface area (Å²) in [6.45, 7) is 9.99. The molecule has 2 N–H and O–H groups in total. The number of ether oxygens (including phenoxy) is 1. The molecule has 1 heterocycles. The molecular weight excluding hydrogens is 300 g/mol. The Labute approximate surface area is 146 Å². The van der Waals surface area contributed by atoms with Crippen molar-refractivity contribution >= 4 is 5.96 Å². The Morgan fingerprint density at radius 1 is 1.17 bits per heavy atom. The monoisotopic (exact) mass is 332 g/mol. The molecule has 5 heteroatoms. The molecule has 24 heavy (non-hydrogen) atoms. The van der Waals surface area contributed by atoms with Gasteiger partial charge in [-0.25, -0.2) is 0 Å². The summed E-state index contributed by atoms with van der Waals surface area (Å²) in [6, 6.07) is 10.6. The van der Waals surface area contributed by atoms with Crippen molar-refractivity contribution in [3.05, 3.63) is 35.9 Å². The highest BCUT2D eigenvalue weighted by Gasteiger charge is 2.28. The normalized spacial score (nSPS) is 16.9.